The zero-order valence-electron chi connectivity index (χ0n) is 13.1. The maximum atomic E-state index is 12.2. The van der Waals surface area contributed by atoms with E-state index in [0.717, 1.165) is 26.1 Å². The zero-order chi connectivity index (χ0) is 15.4. The number of aromatic nitrogens is 2. The Labute approximate surface area is 131 Å². The quantitative estimate of drug-likeness (QED) is 0.907. The van der Waals surface area contributed by atoms with Crippen LogP contribution < -0.4 is 10.9 Å². The maximum Gasteiger partial charge on any atom is 0.287 e. The number of rotatable bonds is 5. The molecule has 1 N–H and O–H groups in total. The van der Waals surface area contributed by atoms with Gasteiger partial charge in [-0.25, -0.2) is 4.68 Å². The molecule has 0 saturated carbocycles. The molecule has 0 bridgehead atoms. The summed E-state index contributed by atoms with van der Waals surface area (Å²) in [5.41, 5.74) is 0.447. The van der Waals surface area contributed by atoms with Gasteiger partial charge in [0.1, 0.15) is 5.02 Å². The van der Waals surface area contributed by atoms with E-state index < -0.39 is 0 Å². The van der Waals surface area contributed by atoms with Crippen LogP contribution in [0.2, 0.25) is 5.02 Å². The van der Waals surface area contributed by atoms with Crippen LogP contribution in [0.25, 0.3) is 0 Å². The van der Waals surface area contributed by atoms with Crippen LogP contribution in [0.15, 0.2) is 11.0 Å². The molecule has 0 aromatic carbocycles. The molecule has 1 aliphatic rings. The summed E-state index contributed by atoms with van der Waals surface area (Å²) < 4.78 is 1.44. The molecule has 1 fully saturated rings. The Hall–Kier alpha value is -1.07. The molecule has 1 aromatic rings. The third-order valence-electron chi connectivity index (χ3n) is 3.84. The Morgan fingerprint density at radius 1 is 1.52 bits per heavy atom. The number of likely N-dealkylation sites (N-methyl/N-ethyl adjacent to an activating group) is 1. The van der Waals surface area contributed by atoms with Crippen molar-refractivity contribution in [2.75, 3.05) is 25.0 Å². The number of nitrogens with zero attached hydrogens (tertiary/aromatic N) is 3. The fourth-order valence-electron chi connectivity index (χ4n) is 2.72. The molecular formula is C15H25ClN4O. The van der Waals surface area contributed by atoms with E-state index >= 15 is 0 Å². The van der Waals surface area contributed by atoms with Crippen molar-refractivity contribution in [2.45, 2.75) is 46.2 Å². The second-order valence-corrected chi connectivity index (χ2v) is 6.51. The minimum atomic E-state index is -0.210. The van der Waals surface area contributed by atoms with Gasteiger partial charge in [0.2, 0.25) is 0 Å². The molecule has 0 radical (unpaired) electrons. The van der Waals surface area contributed by atoms with E-state index in [0.29, 0.717) is 24.2 Å². The van der Waals surface area contributed by atoms with E-state index in [1.807, 2.05) is 0 Å². The van der Waals surface area contributed by atoms with Crippen LogP contribution in [0.1, 0.15) is 33.6 Å². The van der Waals surface area contributed by atoms with Crippen molar-refractivity contribution in [1.82, 2.24) is 14.7 Å². The summed E-state index contributed by atoms with van der Waals surface area (Å²) in [6.45, 7) is 10.1. The molecular weight excluding hydrogens is 288 g/mol. The highest BCUT2D eigenvalue weighted by atomic mass is 35.5. The van der Waals surface area contributed by atoms with Gasteiger partial charge in [0.05, 0.1) is 11.9 Å². The van der Waals surface area contributed by atoms with Crippen LogP contribution in [-0.2, 0) is 6.54 Å². The van der Waals surface area contributed by atoms with E-state index in [4.69, 9.17) is 11.6 Å². The van der Waals surface area contributed by atoms with Crippen molar-refractivity contribution in [3.8, 4) is 0 Å². The standard InChI is InChI=1S/C15H25ClN4O/c1-4-19-7-5-6-12(10-19)18-13-8-17-20(9-11(2)3)15(21)14(13)16/h8,11-12,18H,4-7,9-10H2,1-3H3. The van der Waals surface area contributed by atoms with Crippen molar-refractivity contribution < 1.29 is 0 Å². The third-order valence-corrected chi connectivity index (χ3v) is 4.20. The summed E-state index contributed by atoms with van der Waals surface area (Å²) in [7, 11) is 0. The first kappa shape index (κ1) is 16.3. The van der Waals surface area contributed by atoms with Gasteiger partial charge in [-0.05, 0) is 31.8 Å². The maximum absolute atomic E-state index is 12.2. The van der Waals surface area contributed by atoms with Crippen LogP contribution in [0.5, 0.6) is 0 Å². The van der Waals surface area contributed by atoms with E-state index in [9.17, 15) is 4.79 Å². The predicted octanol–water partition coefficient (Wildman–Crippen LogP) is 2.45. The molecule has 2 heterocycles. The number of piperidine rings is 1. The molecule has 5 nitrogen and oxygen atoms in total. The van der Waals surface area contributed by atoms with Gasteiger partial charge < -0.3 is 10.2 Å². The number of hydrogen-bond donors (Lipinski definition) is 1. The minimum Gasteiger partial charge on any atom is -0.378 e. The number of nitrogens with one attached hydrogen (secondary N) is 1. The Balaban J connectivity index is 2.10. The summed E-state index contributed by atoms with van der Waals surface area (Å²) in [4.78, 5) is 14.6. The zero-order valence-corrected chi connectivity index (χ0v) is 13.9. The highest BCUT2D eigenvalue weighted by Crippen LogP contribution is 2.20. The Morgan fingerprint density at radius 3 is 2.95 bits per heavy atom. The molecule has 0 spiro atoms. The van der Waals surface area contributed by atoms with Crippen molar-refractivity contribution in [3.63, 3.8) is 0 Å². The highest BCUT2D eigenvalue weighted by Gasteiger charge is 2.20. The fourth-order valence-corrected chi connectivity index (χ4v) is 2.92. The van der Waals surface area contributed by atoms with Gasteiger partial charge in [0, 0.05) is 19.1 Å². The van der Waals surface area contributed by atoms with Crippen molar-refractivity contribution in [2.24, 2.45) is 5.92 Å². The molecule has 1 atom stereocenters. The second kappa shape index (κ2) is 7.27. The van der Waals surface area contributed by atoms with Crippen molar-refractivity contribution >= 4 is 17.3 Å². The molecule has 1 aliphatic heterocycles. The summed E-state index contributed by atoms with van der Waals surface area (Å²) in [6, 6.07) is 0.332. The molecule has 1 aromatic heterocycles. The van der Waals surface area contributed by atoms with Gasteiger partial charge in [-0.15, -0.1) is 0 Å². The lowest BCUT2D eigenvalue weighted by Crippen LogP contribution is -2.42. The van der Waals surface area contributed by atoms with Crippen LogP contribution in [0.3, 0.4) is 0 Å². The van der Waals surface area contributed by atoms with E-state index in [1.165, 1.54) is 11.1 Å². The van der Waals surface area contributed by atoms with E-state index in [2.05, 4.69) is 36.1 Å². The average molecular weight is 313 g/mol. The molecule has 2 rings (SSSR count). The first-order valence-electron chi connectivity index (χ1n) is 7.75. The largest absolute Gasteiger partial charge is 0.378 e. The predicted molar refractivity (Wildman–Crippen MR) is 87.1 cm³/mol. The molecule has 0 aliphatic carbocycles. The van der Waals surface area contributed by atoms with Crippen LogP contribution in [-0.4, -0.2) is 40.4 Å². The van der Waals surface area contributed by atoms with Gasteiger partial charge >= 0.3 is 0 Å². The van der Waals surface area contributed by atoms with Gasteiger partial charge in [-0.3, -0.25) is 4.79 Å². The first-order valence-corrected chi connectivity index (χ1v) is 8.13. The van der Waals surface area contributed by atoms with Crippen molar-refractivity contribution in [3.05, 3.63) is 21.6 Å². The molecule has 1 saturated heterocycles. The van der Waals surface area contributed by atoms with Gasteiger partial charge in [-0.1, -0.05) is 32.4 Å². The third kappa shape index (κ3) is 4.20. The van der Waals surface area contributed by atoms with Crippen molar-refractivity contribution in [1.29, 1.82) is 0 Å². The molecule has 118 valence electrons. The molecule has 1 unspecified atom stereocenters. The van der Waals surface area contributed by atoms with Gasteiger partial charge in [0.15, 0.2) is 0 Å². The Bertz CT molecular complexity index is 529. The summed E-state index contributed by atoms with van der Waals surface area (Å²) >= 11 is 6.22. The number of anilines is 1. The summed E-state index contributed by atoms with van der Waals surface area (Å²) in [6.07, 6.45) is 3.94. The summed E-state index contributed by atoms with van der Waals surface area (Å²) in [5.74, 6) is 0.363. The number of likely N-dealkylation sites (tertiary alicyclic amines) is 1. The lowest BCUT2D eigenvalue weighted by Gasteiger charge is -2.32. The Morgan fingerprint density at radius 2 is 2.29 bits per heavy atom. The Kier molecular flexibility index (Phi) is 5.65. The lowest BCUT2D eigenvalue weighted by molar-refractivity contribution is 0.227. The van der Waals surface area contributed by atoms with E-state index in [1.54, 1.807) is 6.20 Å². The fraction of sp³-hybridized carbons (Fsp3) is 0.733. The van der Waals surface area contributed by atoms with Crippen LogP contribution in [0, 0.1) is 5.92 Å². The SMILES string of the molecule is CCN1CCCC(Nc2cnn(CC(C)C)c(=O)c2Cl)C1. The smallest absolute Gasteiger partial charge is 0.287 e. The van der Waals surface area contributed by atoms with E-state index in [-0.39, 0.29) is 10.6 Å². The van der Waals surface area contributed by atoms with Crippen LogP contribution in [0.4, 0.5) is 5.69 Å². The average Bonchev–Trinajstić information content (AvgIpc) is 2.47. The minimum absolute atomic E-state index is 0.210. The molecule has 6 heteroatoms. The normalized spacial score (nSPS) is 20.0. The van der Waals surface area contributed by atoms with Gasteiger partial charge in [0.25, 0.3) is 5.56 Å². The second-order valence-electron chi connectivity index (χ2n) is 6.13. The molecule has 21 heavy (non-hydrogen) atoms. The van der Waals surface area contributed by atoms with Gasteiger partial charge in [-0.2, -0.15) is 5.10 Å². The topological polar surface area (TPSA) is 50.2 Å². The number of halogens is 1. The first-order chi connectivity index (χ1) is 10.0. The van der Waals surface area contributed by atoms with Crippen LogP contribution >= 0.6 is 11.6 Å². The monoisotopic (exact) mass is 312 g/mol. The lowest BCUT2D eigenvalue weighted by atomic mass is 10.1. The number of hydrogen-bond acceptors (Lipinski definition) is 4. The highest BCUT2D eigenvalue weighted by molar-refractivity contribution is 6.32. The molecule has 0 amide bonds. The summed E-state index contributed by atoms with van der Waals surface area (Å²) in [5, 5.41) is 7.86.